The number of carboxylic acids is 1. The minimum Gasteiger partial charge on any atom is -0.508 e. The number of aliphatic carboxylic acids is 1. The normalized spacial score (nSPS) is 17.3. The summed E-state index contributed by atoms with van der Waals surface area (Å²) >= 11 is 0. The molecule has 0 aromatic heterocycles. The van der Waals surface area contributed by atoms with E-state index in [0.29, 0.717) is 37.9 Å². The molecule has 0 aliphatic carbocycles. The number of benzene rings is 1. The lowest BCUT2D eigenvalue weighted by atomic mass is 10.0. The monoisotopic (exact) mass is 520 g/mol. The van der Waals surface area contributed by atoms with E-state index < -0.39 is 60.2 Å². The van der Waals surface area contributed by atoms with Crippen molar-refractivity contribution in [2.75, 3.05) is 13.1 Å². The van der Waals surface area contributed by atoms with Crippen LogP contribution in [0.15, 0.2) is 24.3 Å². The number of rotatable bonds is 15. The van der Waals surface area contributed by atoms with Crippen LogP contribution in [-0.2, 0) is 30.4 Å². The van der Waals surface area contributed by atoms with Crippen LogP contribution >= 0.6 is 0 Å². The molecule has 10 N–H and O–H groups in total. The SMILES string of the molecule is NCCCCC(NC(=O)C(CC(N)=O)NC(=O)C1CCCN1)C(=O)NC(Cc1ccc(O)cc1)C(=O)O. The van der Waals surface area contributed by atoms with Crippen molar-refractivity contribution in [1.29, 1.82) is 0 Å². The van der Waals surface area contributed by atoms with Crippen molar-refractivity contribution >= 4 is 29.6 Å². The van der Waals surface area contributed by atoms with Gasteiger partial charge in [0, 0.05) is 6.42 Å². The largest absolute Gasteiger partial charge is 0.508 e. The number of primary amides is 1. The van der Waals surface area contributed by atoms with Crippen LogP contribution in [0.1, 0.15) is 44.1 Å². The number of nitrogens with one attached hydrogen (secondary N) is 4. The zero-order valence-electron chi connectivity index (χ0n) is 20.6. The predicted octanol–water partition coefficient (Wildman–Crippen LogP) is -1.77. The van der Waals surface area contributed by atoms with Crippen molar-refractivity contribution in [1.82, 2.24) is 21.3 Å². The third-order valence-electron chi connectivity index (χ3n) is 5.99. The molecular formula is C24H36N6O7. The Labute approximate surface area is 214 Å². The molecule has 4 atom stereocenters. The molecule has 4 amide bonds. The van der Waals surface area contributed by atoms with Crippen LogP contribution in [0, 0.1) is 0 Å². The van der Waals surface area contributed by atoms with Gasteiger partial charge in [-0.3, -0.25) is 19.2 Å². The maximum atomic E-state index is 13.1. The molecule has 2 rings (SSSR count). The van der Waals surface area contributed by atoms with Crippen molar-refractivity contribution in [3.63, 3.8) is 0 Å². The number of carboxylic acid groups (broad SMARTS) is 1. The first-order valence-electron chi connectivity index (χ1n) is 12.2. The van der Waals surface area contributed by atoms with E-state index in [2.05, 4.69) is 21.3 Å². The molecular weight excluding hydrogens is 484 g/mol. The average Bonchev–Trinajstić information content (AvgIpc) is 3.38. The summed E-state index contributed by atoms with van der Waals surface area (Å²) in [5.74, 6) is -4.06. The van der Waals surface area contributed by atoms with E-state index >= 15 is 0 Å². The highest BCUT2D eigenvalue weighted by molar-refractivity contribution is 5.96. The predicted molar refractivity (Wildman–Crippen MR) is 133 cm³/mol. The second-order valence-electron chi connectivity index (χ2n) is 9.00. The number of unbranched alkanes of at least 4 members (excludes halogenated alkanes) is 1. The van der Waals surface area contributed by atoms with Crippen molar-refractivity contribution in [2.45, 2.75) is 69.1 Å². The summed E-state index contributed by atoms with van der Waals surface area (Å²) in [7, 11) is 0. The summed E-state index contributed by atoms with van der Waals surface area (Å²) in [5, 5.41) is 29.5. The molecule has 1 aliphatic heterocycles. The fourth-order valence-corrected chi connectivity index (χ4v) is 3.97. The minimum atomic E-state index is -1.31. The topological polar surface area (TPSA) is 226 Å². The van der Waals surface area contributed by atoms with E-state index in [-0.39, 0.29) is 18.6 Å². The van der Waals surface area contributed by atoms with Crippen LogP contribution in [0.4, 0.5) is 0 Å². The molecule has 1 saturated heterocycles. The average molecular weight is 521 g/mol. The second-order valence-corrected chi connectivity index (χ2v) is 9.00. The molecule has 204 valence electrons. The molecule has 37 heavy (non-hydrogen) atoms. The number of hydrogen-bond donors (Lipinski definition) is 8. The highest BCUT2D eigenvalue weighted by Crippen LogP contribution is 2.12. The summed E-state index contributed by atoms with van der Waals surface area (Å²) in [4.78, 5) is 62.0. The molecule has 0 saturated carbocycles. The summed E-state index contributed by atoms with van der Waals surface area (Å²) < 4.78 is 0. The molecule has 4 unspecified atom stereocenters. The van der Waals surface area contributed by atoms with Crippen molar-refractivity contribution in [3.05, 3.63) is 29.8 Å². The van der Waals surface area contributed by atoms with Gasteiger partial charge in [0.1, 0.15) is 23.9 Å². The zero-order chi connectivity index (χ0) is 27.4. The minimum absolute atomic E-state index is 0.0173. The van der Waals surface area contributed by atoms with Gasteiger partial charge in [-0.15, -0.1) is 0 Å². The Bertz CT molecular complexity index is 949. The van der Waals surface area contributed by atoms with Crippen LogP contribution in [0.2, 0.25) is 0 Å². The van der Waals surface area contributed by atoms with E-state index in [1.807, 2.05) is 0 Å². The Morgan fingerprint density at radius 2 is 1.62 bits per heavy atom. The van der Waals surface area contributed by atoms with E-state index in [1.54, 1.807) is 0 Å². The molecule has 1 aliphatic rings. The lowest BCUT2D eigenvalue weighted by Crippen LogP contribution is -2.57. The van der Waals surface area contributed by atoms with Crippen LogP contribution in [0.3, 0.4) is 0 Å². The molecule has 0 spiro atoms. The molecule has 13 heteroatoms. The Hall–Kier alpha value is -3.71. The molecule has 1 aromatic carbocycles. The number of phenolic OH excluding ortho intramolecular Hbond substituents is 1. The Morgan fingerprint density at radius 3 is 2.19 bits per heavy atom. The summed E-state index contributed by atoms with van der Waals surface area (Å²) in [6.45, 7) is 1.01. The van der Waals surface area contributed by atoms with Crippen LogP contribution < -0.4 is 32.7 Å². The lowest BCUT2D eigenvalue weighted by molar-refractivity contribution is -0.142. The number of phenols is 1. The molecule has 0 bridgehead atoms. The third kappa shape index (κ3) is 10.1. The first kappa shape index (κ1) is 29.5. The fraction of sp³-hybridized carbons (Fsp3) is 0.542. The maximum Gasteiger partial charge on any atom is 0.326 e. The first-order chi connectivity index (χ1) is 17.6. The molecule has 1 heterocycles. The molecule has 0 radical (unpaired) electrons. The summed E-state index contributed by atoms with van der Waals surface area (Å²) in [6, 6.07) is 1.63. The van der Waals surface area contributed by atoms with Gasteiger partial charge in [0.25, 0.3) is 0 Å². The van der Waals surface area contributed by atoms with E-state index in [1.165, 1.54) is 24.3 Å². The fourth-order valence-electron chi connectivity index (χ4n) is 3.97. The lowest BCUT2D eigenvalue weighted by Gasteiger charge is -2.25. The van der Waals surface area contributed by atoms with Gasteiger partial charge in [-0.05, 0) is 62.9 Å². The van der Waals surface area contributed by atoms with Crippen molar-refractivity contribution < 1.29 is 34.2 Å². The highest BCUT2D eigenvalue weighted by Gasteiger charge is 2.32. The standard InChI is InChI=1S/C24H36N6O7/c25-10-2-1-4-17(22(34)30-19(24(36)37)12-14-6-8-15(31)9-7-14)28-23(35)18(13-20(26)32)29-21(33)16-5-3-11-27-16/h6-9,16-19,27,31H,1-5,10-13,25H2,(H2,26,32)(H,28,35)(H,29,33)(H,30,34)(H,36,37). The van der Waals surface area contributed by atoms with Crippen LogP contribution in [-0.4, -0.2) is 77.1 Å². The molecule has 13 nitrogen and oxygen atoms in total. The van der Waals surface area contributed by atoms with E-state index in [9.17, 15) is 34.2 Å². The number of nitrogens with two attached hydrogens (primary N) is 2. The number of aromatic hydroxyl groups is 1. The van der Waals surface area contributed by atoms with Gasteiger partial charge in [0.05, 0.1) is 12.5 Å². The van der Waals surface area contributed by atoms with Crippen molar-refractivity contribution in [3.8, 4) is 5.75 Å². The van der Waals surface area contributed by atoms with Gasteiger partial charge in [0.2, 0.25) is 23.6 Å². The highest BCUT2D eigenvalue weighted by atomic mass is 16.4. The van der Waals surface area contributed by atoms with Gasteiger partial charge >= 0.3 is 5.97 Å². The summed E-state index contributed by atoms with van der Waals surface area (Å²) in [5.41, 5.74) is 11.4. The number of amides is 4. The second kappa shape index (κ2) is 14.8. The van der Waals surface area contributed by atoms with Crippen molar-refractivity contribution in [2.24, 2.45) is 11.5 Å². The van der Waals surface area contributed by atoms with Gasteiger partial charge < -0.3 is 42.9 Å². The van der Waals surface area contributed by atoms with Gasteiger partial charge in [-0.2, -0.15) is 0 Å². The van der Waals surface area contributed by atoms with Crippen LogP contribution in [0.25, 0.3) is 0 Å². The zero-order valence-corrected chi connectivity index (χ0v) is 20.6. The number of carbonyl (C=O) groups excluding carboxylic acids is 4. The third-order valence-corrected chi connectivity index (χ3v) is 5.99. The van der Waals surface area contributed by atoms with Gasteiger partial charge in [-0.25, -0.2) is 4.79 Å². The molecule has 1 aromatic rings. The Morgan fingerprint density at radius 1 is 0.973 bits per heavy atom. The quantitative estimate of drug-likeness (QED) is 0.122. The van der Waals surface area contributed by atoms with Gasteiger partial charge in [-0.1, -0.05) is 12.1 Å². The van der Waals surface area contributed by atoms with E-state index in [4.69, 9.17) is 11.5 Å². The number of hydrogen-bond acceptors (Lipinski definition) is 8. The first-order valence-corrected chi connectivity index (χ1v) is 12.2. The summed E-state index contributed by atoms with van der Waals surface area (Å²) in [6.07, 6.45) is 2.02. The van der Waals surface area contributed by atoms with E-state index in [0.717, 1.165) is 6.42 Å². The maximum absolute atomic E-state index is 13.1. The Kier molecular flexibility index (Phi) is 11.8. The number of carbonyl (C=O) groups is 5. The molecule has 1 fully saturated rings. The van der Waals surface area contributed by atoms with Crippen LogP contribution in [0.5, 0.6) is 5.75 Å². The smallest absolute Gasteiger partial charge is 0.326 e. The Balaban J connectivity index is 2.12. The van der Waals surface area contributed by atoms with Gasteiger partial charge in [0.15, 0.2) is 0 Å².